The molecule has 4 aromatic rings. The number of rotatable bonds is 5. The fourth-order valence-electron chi connectivity index (χ4n) is 3.88. The molecule has 0 saturated carbocycles. The fraction of sp³-hybridized carbons (Fsp3) is 0.190. The van der Waals surface area contributed by atoms with Crippen molar-refractivity contribution in [3.8, 4) is 5.95 Å². The molecule has 8 nitrogen and oxygen atoms in total. The molecule has 0 radical (unpaired) electrons. The first kappa shape index (κ1) is 19.6. The maximum atomic E-state index is 13.5. The van der Waals surface area contributed by atoms with Crippen molar-refractivity contribution >= 4 is 29.3 Å². The van der Waals surface area contributed by atoms with Crippen molar-refractivity contribution in [2.75, 3.05) is 11.9 Å². The lowest BCUT2D eigenvalue weighted by molar-refractivity contribution is 0.426. The van der Waals surface area contributed by atoms with Crippen LogP contribution in [0, 0.1) is 5.82 Å². The Morgan fingerprint density at radius 1 is 1.16 bits per heavy atom. The lowest BCUT2D eigenvalue weighted by atomic mass is 9.78. The number of aromatic nitrogens is 4. The lowest BCUT2D eigenvalue weighted by Gasteiger charge is -2.21. The highest BCUT2D eigenvalue weighted by Gasteiger charge is 2.21. The van der Waals surface area contributed by atoms with E-state index in [9.17, 15) is 14.4 Å². The van der Waals surface area contributed by atoms with Crippen molar-refractivity contribution in [3.63, 3.8) is 0 Å². The summed E-state index contributed by atoms with van der Waals surface area (Å²) in [5.41, 5.74) is 3.76. The van der Waals surface area contributed by atoms with Gasteiger partial charge in [-0.3, -0.25) is 0 Å². The van der Waals surface area contributed by atoms with Gasteiger partial charge in [-0.25, -0.2) is 9.37 Å². The highest BCUT2D eigenvalue weighted by molar-refractivity contribution is 6.61. The first-order valence-corrected chi connectivity index (χ1v) is 10.0. The van der Waals surface area contributed by atoms with Crippen LogP contribution < -0.4 is 16.1 Å². The van der Waals surface area contributed by atoms with Gasteiger partial charge in [-0.15, -0.1) is 0 Å². The Balaban J connectivity index is 1.56. The minimum atomic E-state index is -1.60. The van der Waals surface area contributed by atoms with Crippen LogP contribution in [0.2, 0.25) is 0 Å². The molecule has 0 saturated heterocycles. The summed E-state index contributed by atoms with van der Waals surface area (Å²) in [4.78, 5) is 9.43. The van der Waals surface area contributed by atoms with Crippen molar-refractivity contribution < 1.29 is 14.4 Å². The maximum Gasteiger partial charge on any atom is 0.489 e. The Labute approximate surface area is 177 Å². The summed E-state index contributed by atoms with van der Waals surface area (Å²) in [6, 6.07) is 11.7. The molecule has 2 aromatic carbocycles. The fourth-order valence-corrected chi connectivity index (χ4v) is 3.88. The average Bonchev–Trinajstić information content (AvgIpc) is 3.21. The van der Waals surface area contributed by atoms with Gasteiger partial charge in [0.25, 0.3) is 5.95 Å². The van der Waals surface area contributed by atoms with E-state index in [4.69, 9.17) is 9.97 Å². The molecule has 0 unspecified atom stereocenters. The standard InChI is InChI=1S/C21H20BFN6O2/c23-14-4-1-3-13(9-14)10-25-20-15-7-8-24-12-18(15)27-21(28-20)29-19-6-2-5-17(22(30)31)16(19)11-26-29/h1-6,9,11,24,30-31H,7-8,10,12H2,(H,25,27,28). The van der Waals surface area contributed by atoms with Gasteiger partial charge in [-0.1, -0.05) is 24.3 Å². The van der Waals surface area contributed by atoms with E-state index in [0.29, 0.717) is 41.2 Å². The molecule has 0 bridgehead atoms. The smallest absolute Gasteiger partial charge is 0.423 e. The maximum absolute atomic E-state index is 13.5. The van der Waals surface area contributed by atoms with Crippen molar-refractivity contribution in [2.45, 2.75) is 19.5 Å². The molecule has 0 fully saturated rings. The topological polar surface area (TPSA) is 108 Å². The highest BCUT2D eigenvalue weighted by atomic mass is 19.1. The molecule has 3 heterocycles. The highest BCUT2D eigenvalue weighted by Crippen LogP contribution is 2.24. The van der Waals surface area contributed by atoms with Gasteiger partial charge in [0.1, 0.15) is 11.6 Å². The monoisotopic (exact) mass is 418 g/mol. The third-order valence-corrected chi connectivity index (χ3v) is 5.39. The third kappa shape index (κ3) is 3.76. The number of halogens is 1. The number of nitrogens with zero attached hydrogens (tertiary/aromatic N) is 4. The summed E-state index contributed by atoms with van der Waals surface area (Å²) in [7, 11) is -1.60. The van der Waals surface area contributed by atoms with E-state index >= 15 is 0 Å². The zero-order chi connectivity index (χ0) is 21.4. The molecule has 31 heavy (non-hydrogen) atoms. The first-order valence-electron chi connectivity index (χ1n) is 10.0. The molecule has 0 spiro atoms. The second-order valence-electron chi connectivity index (χ2n) is 7.42. The Bertz CT molecular complexity index is 1260. The van der Waals surface area contributed by atoms with Crippen molar-refractivity contribution in [1.29, 1.82) is 0 Å². The number of nitrogens with one attached hydrogen (secondary N) is 2. The Morgan fingerprint density at radius 2 is 2.03 bits per heavy atom. The molecule has 156 valence electrons. The molecule has 0 aliphatic carbocycles. The number of hydrogen-bond acceptors (Lipinski definition) is 7. The van der Waals surface area contributed by atoms with Gasteiger partial charge in [-0.2, -0.15) is 14.8 Å². The average molecular weight is 418 g/mol. The zero-order valence-electron chi connectivity index (χ0n) is 16.6. The van der Waals surface area contributed by atoms with Gasteiger partial charge < -0.3 is 20.7 Å². The molecule has 2 aromatic heterocycles. The van der Waals surface area contributed by atoms with Crippen LogP contribution >= 0.6 is 0 Å². The number of fused-ring (bicyclic) bond motifs is 2. The molecule has 10 heteroatoms. The largest absolute Gasteiger partial charge is 0.489 e. The number of benzene rings is 2. The van der Waals surface area contributed by atoms with E-state index in [2.05, 4.69) is 15.7 Å². The summed E-state index contributed by atoms with van der Waals surface area (Å²) in [5, 5.41) is 31.0. The summed E-state index contributed by atoms with van der Waals surface area (Å²) in [6.07, 6.45) is 2.35. The third-order valence-electron chi connectivity index (χ3n) is 5.39. The van der Waals surface area contributed by atoms with Crippen molar-refractivity contribution in [2.24, 2.45) is 0 Å². The molecule has 4 N–H and O–H groups in total. The predicted molar refractivity (Wildman–Crippen MR) is 116 cm³/mol. The van der Waals surface area contributed by atoms with E-state index in [-0.39, 0.29) is 5.82 Å². The lowest BCUT2D eigenvalue weighted by Crippen LogP contribution is -2.30. The van der Waals surface area contributed by atoms with Crippen LogP contribution in [0.25, 0.3) is 16.9 Å². The van der Waals surface area contributed by atoms with Gasteiger partial charge >= 0.3 is 7.12 Å². The van der Waals surface area contributed by atoms with Gasteiger partial charge in [0.05, 0.1) is 17.4 Å². The Kier molecular flexibility index (Phi) is 5.10. The second kappa shape index (κ2) is 8.07. The quantitative estimate of drug-likeness (QED) is 0.357. The van der Waals surface area contributed by atoms with Gasteiger partial charge in [0.15, 0.2) is 0 Å². The van der Waals surface area contributed by atoms with Gasteiger partial charge in [0, 0.05) is 24.0 Å². The summed E-state index contributed by atoms with van der Waals surface area (Å²) in [5.74, 6) is 0.787. The zero-order valence-corrected chi connectivity index (χ0v) is 16.6. The summed E-state index contributed by atoms with van der Waals surface area (Å²) < 4.78 is 15.1. The molecule has 1 aliphatic heterocycles. The van der Waals surface area contributed by atoms with E-state index in [1.54, 1.807) is 29.1 Å². The number of anilines is 1. The van der Waals surface area contributed by atoms with Gasteiger partial charge in [0.2, 0.25) is 0 Å². The second-order valence-corrected chi connectivity index (χ2v) is 7.42. The SMILES string of the molecule is OB(O)c1cccc2c1cnn2-c1nc2c(c(NCc3cccc(F)c3)n1)CCNC2. The predicted octanol–water partition coefficient (Wildman–Crippen LogP) is 0.892. The summed E-state index contributed by atoms with van der Waals surface area (Å²) >= 11 is 0. The van der Waals surface area contributed by atoms with Crippen LogP contribution in [0.15, 0.2) is 48.7 Å². The first-order chi connectivity index (χ1) is 15.1. The van der Waals surface area contributed by atoms with Crippen LogP contribution in [-0.4, -0.2) is 43.5 Å². The summed E-state index contributed by atoms with van der Waals surface area (Å²) in [6.45, 7) is 1.86. The van der Waals surface area contributed by atoms with Crippen LogP contribution in [-0.2, 0) is 19.5 Å². The van der Waals surface area contributed by atoms with E-state index < -0.39 is 7.12 Å². The molecule has 1 aliphatic rings. The van der Waals surface area contributed by atoms with Crippen LogP contribution in [0.3, 0.4) is 0 Å². The van der Waals surface area contributed by atoms with Crippen molar-refractivity contribution in [1.82, 2.24) is 25.1 Å². The van der Waals surface area contributed by atoms with Crippen molar-refractivity contribution in [3.05, 3.63) is 71.3 Å². The molecular formula is C21H20BFN6O2. The molecule has 0 atom stereocenters. The van der Waals surface area contributed by atoms with Crippen LogP contribution in [0.5, 0.6) is 0 Å². The molecule has 5 rings (SSSR count). The van der Waals surface area contributed by atoms with Gasteiger partial charge in [-0.05, 0) is 42.2 Å². The van der Waals surface area contributed by atoms with E-state index in [1.807, 2.05) is 12.1 Å². The molecule has 0 amide bonds. The Morgan fingerprint density at radius 3 is 2.87 bits per heavy atom. The van der Waals surface area contributed by atoms with Crippen LogP contribution in [0.1, 0.15) is 16.8 Å². The van der Waals surface area contributed by atoms with Crippen LogP contribution in [0.4, 0.5) is 10.2 Å². The molecular weight excluding hydrogens is 398 g/mol. The number of hydrogen-bond donors (Lipinski definition) is 4. The minimum Gasteiger partial charge on any atom is -0.423 e. The normalized spacial score (nSPS) is 13.3. The van der Waals surface area contributed by atoms with E-state index in [1.165, 1.54) is 12.1 Å². The minimum absolute atomic E-state index is 0.279. The Hall–Kier alpha value is -3.34. The van der Waals surface area contributed by atoms with E-state index in [0.717, 1.165) is 29.8 Å².